The van der Waals surface area contributed by atoms with E-state index >= 15 is 0 Å². The van der Waals surface area contributed by atoms with Crippen molar-refractivity contribution in [2.75, 3.05) is 39.3 Å². The zero-order valence-corrected chi connectivity index (χ0v) is 14.5. The second kappa shape index (κ2) is 10.4. The minimum Gasteiger partial charge on any atom is -0.355 e. The Morgan fingerprint density at radius 1 is 1.39 bits per heavy atom. The monoisotopic (exact) mass is 361 g/mol. The second-order valence-corrected chi connectivity index (χ2v) is 6.20. The molecule has 0 radical (unpaired) electrons. The van der Waals surface area contributed by atoms with E-state index in [9.17, 15) is 9.59 Å². The highest BCUT2D eigenvalue weighted by atomic mass is 35.5. The summed E-state index contributed by atoms with van der Waals surface area (Å²) in [4.78, 5) is 26.4. The molecule has 1 aliphatic rings. The molecule has 7 nitrogen and oxygen atoms in total. The maximum absolute atomic E-state index is 12.0. The van der Waals surface area contributed by atoms with Gasteiger partial charge in [0, 0.05) is 44.1 Å². The Bertz CT molecular complexity index is 480. The summed E-state index contributed by atoms with van der Waals surface area (Å²) in [6.45, 7) is 5.48. The van der Waals surface area contributed by atoms with E-state index in [-0.39, 0.29) is 30.8 Å². The van der Waals surface area contributed by atoms with Gasteiger partial charge in [-0.3, -0.25) is 9.69 Å². The van der Waals surface area contributed by atoms with Crippen molar-refractivity contribution in [3.05, 3.63) is 22.4 Å². The molecule has 0 spiro atoms. The maximum Gasteiger partial charge on any atom is 0.312 e. The van der Waals surface area contributed by atoms with Gasteiger partial charge in [0.15, 0.2) is 0 Å². The van der Waals surface area contributed by atoms with Gasteiger partial charge in [-0.15, -0.1) is 23.7 Å². The fourth-order valence-corrected chi connectivity index (χ4v) is 3.21. The summed E-state index contributed by atoms with van der Waals surface area (Å²) in [5.74, 6) is -0.0812. The SMILES string of the molecule is Cl.NC(=O)NC(CC(=O)NCCN1CCNCC1)c1cccs1. The maximum atomic E-state index is 12.0. The van der Waals surface area contributed by atoms with E-state index in [4.69, 9.17) is 5.73 Å². The Morgan fingerprint density at radius 2 is 2.13 bits per heavy atom. The molecule has 1 atom stereocenters. The minimum atomic E-state index is -0.619. The number of carbonyl (C=O) groups is 2. The van der Waals surface area contributed by atoms with Gasteiger partial charge < -0.3 is 21.7 Å². The van der Waals surface area contributed by atoms with Gasteiger partial charge >= 0.3 is 6.03 Å². The Labute approximate surface area is 146 Å². The van der Waals surface area contributed by atoms with Gasteiger partial charge in [-0.2, -0.15) is 0 Å². The van der Waals surface area contributed by atoms with Gasteiger partial charge in [-0.05, 0) is 11.4 Å². The van der Waals surface area contributed by atoms with Crippen LogP contribution in [0.15, 0.2) is 17.5 Å². The molecule has 2 heterocycles. The number of nitrogens with zero attached hydrogens (tertiary/aromatic N) is 1. The molecule has 1 aromatic heterocycles. The normalized spacial score (nSPS) is 16.2. The molecular weight excluding hydrogens is 338 g/mol. The lowest BCUT2D eigenvalue weighted by Crippen LogP contribution is -2.46. The molecule has 2 rings (SSSR count). The molecule has 1 fully saturated rings. The third-order valence-electron chi connectivity index (χ3n) is 3.55. The van der Waals surface area contributed by atoms with Crippen LogP contribution in [-0.4, -0.2) is 56.1 Å². The Morgan fingerprint density at radius 3 is 2.74 bits per heavy atom. The van der Waals surface area contributed by atoms with Crippen LogP contribution in [0.1, 0.15) is 17.3 Å². The van der Waals surface area contributed by atoms with E-state index in [0.29, 0.717) is 6.54 Å². The van der Waals surface area contributed by atoms with Gasteiger partial charge in [-0.25, -0.2) is 4.79 Å². The Balaban J connectivity index is 0.00000264. The van der Waals surface area contributed by atoms with Crippen molar-refractivity contribution < 1.29 is 9.59 Å². The fraction of sp³-hybridized carbons (Fsp3) is 0.571. The molecule has 5 N–H and O–H groups in total. The molecular formula is C14H24ClN5O2S. The molecule has 1 aromatic rings. The van der Waals surface area contributed by atoms with Gasteiger partial charge in [0.25, 0.3) is 0 Å². The molecule has 1 saturated heterocycles. The first kappa shape index (κ1) is 19.7. The Kier molecular flexibility index (Phi) is 8.93. The van der Waals surface area contributed by atoms with E-state index in [1.165, 1.54) is 11.3 Å². The van der Waals surface area contributed by atoms with Gasteiger partial charge in [0.05, 0.1) is 12.5 Å². The highest BCUT2D eigenvalue weighted by Gasteiger charge is 2.18. The third kappa shape index (κ3) is 7.17. The molecule has 1 aliphatic heterocycles. The summed E-state index contributed by atoms with van der Waals surface area (Å²) in [7, 11) is 0. The molecule has 23 heavy (non-hydrogen) atoms. The van der Waals surface area contributed by atoms with E-state index in [1.54, 1.807) is 0 Å². The number of carbonyl (C=O) groups excluding carboxylic acids is 2. The number of hydrogen-bond donors (Lipinski definition) is 4. The van der Waals surface area contributed by atoms with Crippen LogP contribution in [-0.2, 0) is 4.79 Å². The standard InChI is InChI=1S/C14H23N5O2S.ClH/c15-14(21)18-11(12-2-1-9-22-12)10-13(20)17-5-8-19-6-3-16-4-7-19;/h1-2,9,11,16H,3-8,10H2,(H,17,20)(H3,15,18,21);1H. The highest BCUT2D eigenvalue weighted by Crippen LogP contribution is 2.21. The first-order valence-electron chi connectivity index (χ1n) is 7.44. The summed E-state index contributed by atoms with van der Waals surface area (Å²) in [5, 5.41) is 10.7. The lowest BCUT2D eigenvalue weighted by atomic mass is 10.1. The van der Waals surface area contributed by atoms with Crippen molar-refractivity contribution in [3.8, 4) is 0 Å². The smallest absolute Gasteiger partial charge is 0.312 e. The second-order valence-electron chi connectivity index (χ2n) is 5.22. The number of piperazine rings is 1. The molecule has 0 aliphatic carbocycles. The zero-order valence-electron chi connectivity index (χ0n) is 12.9. The van der Waals surface area contributed by atoms with Crippen molar-refractivity contribution in [2.45, 2.75) is 12.5 Å². The van der Waals surface area contributed by atoms with Crippen LogP contribution in [0.2, 0.25) is 0 Å². The summed E-state index contributed by atoms with van der Waals surface area (Å²) in [6.07, 6.45) is 0.199. The van der Waals surface area contributed by atoms with Gasteiger partial charge in [0.1, 0.15) is 0 Å². The van der Waals surface area contributed by atoms with Crippen molar-refractivity contribution >= 4 is 35.7 Å². The fourth-order valence-electron chi connectivity index (χ4n) is 2.43. The van der Waals surface area contributed by atoms with Crippen molar-refractivity contribution in [3.63, 3.8) is 0 Å². The molecule has 9 heteroatoms. The molecule has 0 saturated carbocycles. The number of hydrogen-bond acceptors (Lipinski definition) is 5. The van der Waals surface area contributed by atoms with Crippen molar-refractivity contribution in [1.82, 2.24) is 20.9 Å². The lowest BCUT2D eigenvalue weighted by molar-refractivity contribution is -0.121. The van der Waals surface area contributed by atoms with Crippen LogP contribution in [0, 0.1) is 0 Å². The predicted molar refractivity (Wildman–Crippen MR) is 94.0 cm³/mol. The molecule has 3 amide bonds. The summed E-state index contributed by atoms with van der Waals surface area (Å²) in [5.41, 5.74) is 5.18. The number of rotatable bonds is 7. The van der Waals surface area contributed by atoms with Gasteiger partial charge in [-0.1, -0.05) is 6.07 Å². The molecule has 130 valence electrons. The third-order valence-corrected chi connectivity index (χ3v) is 4.54. The van der Waals surface area contributed by atoms with Crippen molar-refractivity contribution in [2.24, 2.45) is 5.73 Å². The Hall–Kier alpha value is -1.35. The van der Waals surface area contributed by atoms with Crippen LogP contribution in [0.4, 0.5) is 4.79 Å². The average molecular weight is 362 g/mol. The van der Waals surface area contributed by atoms with E-state index in [1.807, 2.05) is 17.5 Å². The number of nitrogens with one attached hydrogen (secondary N) is 3. The zero-order chi connectivity index (χ0) is 15.8. The van der Waals surface area contributed by atoms with Crippen LogP contribution in [0.3, 0.4) is 0 Å². The number of primary amides is 1. The minimum absolute atomic E-state index is 0. The number of thiophene rings is 1. The first-order chi connectivity index (χ1) is 10.6. The van der Waals surface area contributed by atoms with Crippen LogP contribution in [0.5, 0.6) is 0 Å². The largest absolute Gasteiger partial charge is 0.355 e. The number of halogens is 1. The molecule has 0 aromatic carbocycles. The van der Waals surface area contributed by atoms with Gasteiger partial charge in [0.2, 0.25) is 5.91 Å². The quantitative estimate of drug-likeness (QED) is 0.561. The van der Waals surface area contributed by atoms with Crippen molar-refractivity contribution in [1.29, 1.82) is 0 Å². The summed E-state index contributed by atoms with van der Waals surface area (Å²) >= 11 is 1.50. The number of nitrogens with two attached hydrogens (primary N) is 1. The highest BCUT2D eigenvalue weighted by molar-refractivity contribution is 7.10. The van der Waals surface area contributed by atoms with Crippen LogP contribution >= 0.6 is 23.7 Å². The predicted octanol–water partition coefficient (Wildman–Crippen LogP) is 0.291. The van der Waals surface area contributed by atoms with E-state index in [0.717, 1.165) is 37.6 Å². The van der Waals surface area contributed by atoms with E-state index in [2.05, 4.69) is 20.9 Å². The van der Waals surface area contributed by atoms with E-state index < -0.39 is 6.03 Å². The van der Waals surface area contributed by atoms with Crippen LogP contribution < -0.4 is 21.7 Å². The summed E-state index contributed by atoms with van der Waals surface area (Å²) < 4.78 is 0. The van der Waals surface area contributed by atoms with Crippen LogP contribution in [0.25, 0.3) is 0 Å². The summed E-state index contributed by atoms with van der Waals surface area (Å²) in [6, 6.07) is 2.79. The average Bonchev–Trinajstić information content (AvgIpc) is 3.01. The number of urea groups is 1. The first-order valence-corrected chi connectivity index (χ1v) is 8.32. The lowest BCUT2D eigenvalue weighted by Gasteiger charge is -2.27. The molecule has 1 unspecified atom stereocenters. The number of amides is 3. The molecule has 0 bridgehead atoms. The topological polar surface area (TPSA) is 99.5 Å².